The molecule has 0 saturated carbocycles. The smallest absolute Gasteiger partial charge is 0.295 e. The number of likely N-dealkylation sites (N-methyl/N-ethyl adjacent to an activating group) is 1. The summed E-state index contributed by atoms with van der Waals surface area (Å²) in [4.78, 5) is 30.3. The van der Waals surface area contributed by atoms with Gasteiger partial charge < -0.3 is 24.4 Å². The number of para-hydroxylation sites is 1. The lowest BCUT2D eigenvalue weighted by Gasteiger charge is -2.28. The largest absolute Gasteiger partial charge is 0.507 e. The number of aliphatic hydroxyl groups is 1. The highest BCUT2D eigenvalue weighted by Gasteiger charge is 2.46. The second kappa shape index (κ2) is 9.41. The van der Waals surface area contributed by atoms with Gasteiger partial charge in [-0.05, 0) is 36.8 Å². The topological polar surface area (TPSA) is 79.3 Å². The van der Waals surface area contributed by atoms with E-state index in [1.807, 2.05) is 67.4 Å². The van der Waals surface area contributed by atoms with Crippen molar-refractivity contribution in [2.24, 2.45) is 0 Å². The number of hydrogen-bond donors (Lipinski definition) is 1. The van der Waals surface area contributed by atoms with Gasteiger partial charge in [0.15, 0.2) is 0 Å². The van der Waals surface area contributed by atoms with Crippen LogP contribution in [0.5, 0.6) is 11.5 Å². The van der Waals surface area contributed by atoms with Gasteiger partial charge in [-0.2, -0.15) is 0 Å². The molecule has 7 nitrogen and oxygen atoms in total. The van der Waals surface area contributed by atoms with Crippen molar-refractivity contribution in [2.45, 2.75) is 19.5 Å². The number of carbonyl (C=O) groups excluding carboxylic acids is 2. The number of aryl methyl sites for hydroxylation is 1. The van der Waals surface area contributed by atoms with Crippen LogP contribution in [0.4, 0.5) is 5.69 Å². The Balaban J connectivity index is 1.65. The molecule has 0 bridgehead atoms. The summed E-state index contributed by atoms with van der Waals surface area (Å²) in [5.74, 6) is -0.236. The van der Waals surface area contributed by atoms with E-state index in [1.54, 1.807) is 25.3 Å². The number of anilines is 1. The minimum atomic E-state index is -0.750. The lowest BCUT2D eigenvalue weighted by atomic mass is 9.94. The number of nitrogens with zero attached hydrogens (tertiary/aromatic N) is 2. The molecule has 2 aliphatic rings. The van der Waals surface area contributed by atoms with Crippen LogP contribution in [0.2, 0.25) is 0 Å². The van der Waals surface area contributed by atoms with Crippen LogP contribution in [0, 0.1) is 6.92 Å². The SMILES string of the molecule is COc1ccccc1CN1C(=O)C(=O)/C(=C(\O)c2ccc3c(c2)N(C)CCO3)C1c1cccc(C)c1. The van der Waals surface area contributed by atoms with Crippen molar-refractivity contribution in [1.82, 2.24) is 4.90 Å². The van der Waals surface area contributed by atoms with Gasteiger partial charge in [-0.15, -0.1) is 0 Å². The fraction of sp³-hybridized carbons (Fsp3) is 0.241. The Labute approximate surface area is 210 Å². The average Bonchev–Trinajstić information content (AvgIpc) is 3.13. The number of fused-ring (bicyclic) bond motifs is 1. The average molecular weight is 485 g/mol. The zero-order valence-electron chi connectivity index (χ0n) is 20.5. The highest BCUT2D eigenvalue weighted by molar-refractivity contribution is 6.46. The molecule has 3 aromatic carbocycles. The quantitative estimate of drug-likeness (QED) is 0.327. The van der Waals surface area contributed by atoms with Crippen LogP contribution in [0.25, 0.3) is 5.76 Å². The molecule has 3 aromatic rings. The molecule has 0 aromatic heterocycles. The number of ketones is 1. The molecule has 1 atom stereocenters. The molecular formula is C29H28N2O5. The van der Waals surface area contributed by atoms with Gasteiger partial charge in [-0.3, -0.25) is 9.59 Å². The van der Waals surface area contributed by atoms with E-state index in [0.717, 1.165) is 22.4 Å². The molecule has 0 radical (unpaired) electrons. The number of carbonyl (C=O) groups is 2. The van der Waals surface area contributed by atoms with Gasteiger partial charge in [0.25, 0.3) is 11.7 Å². The number of Topliss-reactive ketones (excluding diaryl/α,β-unsaturated/α-hetero) is 1. The number of rotatable bonds is 5. The van der Waals surface area contributed by atoms with Crippen molar-refractivity contribution in [1.29, 1.82) is 0 Å². The maximum absolute atomic E-state index is 13.4. The van der Waals surface area contributed by atoms with Gasteiger partial charge in [-0.25, -0.2) is 0 Å². The summed E-state index contributed by atoms with van der Waals surface area (Å²) >= 11 is 0. The summed E-state index contributed by atoms with van der Waals surface area (Å²) in [5, 5.41) is 11.5. The molecule has 2 heterocycles. The molecule has 7 heteroatoms. The third-order valence-electron chi connectivity index (χ3n) is 6.76. The lowest BCUT2D eigenvalue weighted by Crippen LogP contribution is -2.29. The molecule has 1 saturated heterocycles. The van der Waals surface area contributed by atoms with Crippen LogP contribution in [0.1, 0.15) is 28.3 Å². The van der Waals surface area contributed by atoms with E-state index in [4.69, 9.17) is 9.47 Å². The summed E-state index contributed by atoms with van der Waals surface area (Å²) in [6.07, 6.45) is 0. The molecule has 1 N–H and O–H groups in total. The normalized spacial score (nSPS) is 18.7. The van der Waals surface area contributed by atoms with Gasteiger partial charge in [-0.1, -0.05) is 48.0 Å². The Kier molecular flexibility index (Phi) is 6.14. The molecule has 184 valence electrons. The maximum atomic E-state index is 13.4. The van der Waals surface area contributed by atoms with Crippen LogP contribution in [-0.4, -0.2) is 49.0 Å². The summed E-state index contributed by atoms with van der Waals surface area (Å²) in [6, 6.07) is 19.6. The van der Waals surface area contributed by atoms with Crippen molar-refractivity contribution < 1.29 is 24.2 Å². The van der Waals surface area contributed by atoms with Crippen LogP contribution in [0.3, 0.4) is 0 Å². The highest BCUT2D eigenvalue weighted by atomic mass is 16.5. The predicted octanol–water partition coefficient (Wildman–Crippen LogP) is 4.45. The molecule has 5 rings (SSSR count). The monoisotopic (exact) mass is 484 g/mol. The Hall–Kier alpha value is -4.26. The van der Waals surface area contributed by atoms with E-state index in [2.05, 4.69) is 0 Å². The van der Waals surface area contributed by atoms with E-state index >= 15 is 0 Å². The van der Waals surface area contributed by atoms with Gasteiger partial charge in [0.2, 0.25) is 0 Å². The molecule has 0 aliphatic carbocycles. The minimum absolute atomic E-state index is 0.0693. The van der Waals surface area contributed by atoms with Gasteiger partial charge in [0.1, 0.15) is 23.9 Å². The molecule has 0 spiro atoms. The number of amides is 1. The first kappa shape index (κ1) is 23.5. The molecule has 2 aliphatic heterocycles. The fourth-order valence-electron chi connectivity index (χ4n) is 4.90. The van der Waals surface area contributed by atoms with Crippen LogP contribution >= 0.6 is 0 Å². The minimum Gasteiger partial charge on any atom is -0.507 e. The van der Waals surface area contributed by atoms with E-state index in [1.165, 1.54) is 4.90 Å². The number of hydrogen-bond acceptors (Lipinski definition) is 6. The maximum Gasteiger partial charge on any atom is 0.295 e. The van der Waals surface area contributed by atoms with Crippen molar-refractivity contribution in [3.8, 4) is 11.5 Å². The van der Waals surface area contributed by atoms with E-state index in [0.29, 0.717) is 30.2 Å². The van der Waals surface area contributed by atoms with Crippen LogP contribution in [0.15, 0.2) is 72.3 Å². The molecule has 1 unspecified atom stereocenters. The Bertz CT molecular complexity index is 1380. The third kappa shape index (κ3) is 4.06. The zero-order valence-corrected chi connectivity index (χ0v) is 20.5. The number of benzene rings is 3. The Morgan fingerprint density at radius 3 is 2.67 bits per heavy atom. The molecule has 1 amide bonds. The van der Waals surface area contributed by atoms with Crippen molar-refractivity contribution in [3.63, 3.8) is 0 Å². The predicted molar refractivity (Wildman–Crippen MR) is 137 cm³/mol. The first-order valence-corrected chi connectivity index (χ1v) is 11.8. The van der Waals surface area contributed by atoms with Gasteiger partial charge in [0.05, 0.1) is 37.5 Å². The van der Waals surface area contributed by atoms with Crippen LogP contribution in [-0.2, 0) is 16.1 Å². The number of methoxy groups -OCH3 is 1. The first-order chi connectivity index (χ1) is 17.4. The first-order valence-electron chi connectivity index (χ1n) is 11.8. The van der Waals surface area contributed by atoms with E-state index in [-0.39, 0.29) is 17.9 Å². The van der Waals surface area contributed by atoms with Crippen LogP contribution < -0.4 is 14.4 Å². The molecule has 36 heavy (non-hydrogen) atoms. The number of aliphatic hydroxyl groups excluding tert-OH is 1. The van der Waals surface area contributed by atoms with Crippen molar-refractivity contribution in [2.75, 3.05) is 32.2 Å². The van der Waals surface area contributed by atoms with Crippen molar-refractivity contribution >= 4 is 23.1 Å². The van der Waals surface area contributed by atoms with Gasteiger partial charge >= 0.3 is 0 Å². The third-order valence-corrected chi connectivity index (χ3v) is 6.76. The Morgan fingerprint density at radius 1 is 1.08 bits per heavy atom. The van der Waals surface area contributed by atoms with E-state index < -0.39 is 17.7 Å². The zero-order chi connectivity index (χ0) is 25.4. The molecule has 1 fully saturated rings. The summed E-state index contributed by atoms with van der Waals surface area (Å²) in [7, 11) is 3.52. The lowest BCUT2D eigenvalue weighted by molar-refractivity contribution is -0.140. The second-order valence-electron chi connectivity index (χ2n) is 9.11. The summed E-state index contributed by atoms with van der Waals surface area (Å²) in [5.41, 5.74) is 3.86. The fourth-order valence-corrected chi connectivity index (χ4v) is 4.90. The summed E-state index contributed by atoms with van der Waals surface area (Å²) in [6.45, 7) is 3.40. The second-order valence-corrected chi connectivity index (χ2v) is 9.11. The standard InChI is InChI=1S/C29H28N2O5/c1-18-7-6-9-19(15-18)26-25(27(32)20-11-12-24-22(16-20)30(2)13-14-36-24)28(33)29(34)31(26)17-21-8-4-5-10-23(21)35-3/h4-12,15-16,26,32H,13-14,17H2,1-3H3/b27-25-. The molecular weight excluding hydrogens is 456 g/mol. The Morgan fingerprint density at radius 2 is 1.89 bits per heavy atom. The van der Waals surface area contributed by atoms with E-state index in [9.17, 15) is 14.7 Å². The van der Waals surface area contributed by atoms with Crippen molar-refractivity contribution in [3.05, 3.63) is 94.6 Å². The number of ether oxygens (including phenoxy) is 2. The highest BCUT2D eigenvalue weighted by Crippen LogP contribution is 2.42. The summed E-state index contributed by atoms with van der Waals surface area (Å²) < 4.78 is 11.2. The number of likely N-dealkylation sites (tertiary alicyclic amines) is 1. The van der Waals surface area contributed by atoms with Gasteiger partial charge in [0, 0.05) is 18.2 Å².